The van der Waals surface area contributed by atoms with Crippen LogP contribution in [-0.4, -0.2) is 23.8 Å². The second-order valence-corrected chi connectivity index (χ2v) is 6.42. The highest BCUT2D eigenvalue weighted by atomic mass is 32.2. The molecule has 0 unspecified atom stereocenters. The van der Waals surface area contributed by atoms with Crippen LogP contribution in [0.5, 0.6) is 0 Å². The highest BCUT2D eigenvalue weighted by Crippen LogP contribution is 2.36. The van der Waals surface area contributed by atoms with Gasteiger partial charge in [-0.15, -0.1) is 11.8 Å². The minimum Gasteiger partial charge on any atom is -0.383 e. The highest BCUT2D eigenvalue weighted by molar-refractivity contribution is 7.98. The van der Waals surface area contributed by atoms with Crippen molar-refractivity contribution in [3.05, 3.63) is 65.2 Å². The Balaban J connectivity index is 1.74. The van der Waals surface area contributed by atoms with E-state index in [-0.39, 0.29) is 12.5 Å². The Kier molecular flexibility index (Phi) is 4.23. The lowest BCUT2D eigenvalue weighted by Crippen LogP contribution is -2.39. The number of thioether (sulfide) groups is 1. The molecule has 0 radical (unpaired) electrons. The van der Waals surface area contributed by atoms with Crippen molar-refractivity contribution < 1.29 is 9.90 Å². The molecule has 0 heterocycles. The molecule has 0 saturated heterocycles. The predicted octanol–water partition coefficient (Wildman–Crippen LogP) is 2.97. The Morgan fingerprint density at radius 2 is 1.95 bits per heavy atom. The molecule has 0 aromatic heterocycles. The molecule has 4 heteroatoms. The third-order valence-electron chi connectivity index (χ3n) is 4.22. The maximum Gasteiger partial charge on any atom is 0.252 e. The molecule has 3 nitrogen and oxygen atoms in total. The van der Waals surface area contributed by atoms with E-state index in [1.54, 1.807) is 11.8 Å². The molecule has 2 aromatic carbocycles. The molecule has 1 aliphatic carbocycles. The van der Waals surface area contributed by atoms with E-state index in [0.29, 0.717) is 12.0 Å². The zero-order valence-corrected chi connectivity index (χ0v) is 13.3. The number of carbonyl (C=O) groups is 1. The van der Waals surface area contributed by atoms with Gasteiger partial charge in [0.15, 0.2) is 0 Å². The van der Waals surface area contributed by atoms with Crippen LogP contribution >= 0.6 is 11.8 Å². The third kappa shape index (κ3) is 2.76. The molecule has 0 fully saturated rings. The number of aliphatic hydroxyl groups is 1. The fourth-order valence-electron chi connectivity index (χ4n) is 3.01. The summed E-state index contributed by atoms with van der Waals surface area (Å²) in [6, 6.07) is 15.4. The van der Waals surface area contributed by atoms with Gasteiger partial charge in [-0.1, -0.05) is 36.4 Å². The van der Waals surface area contributed by atoms with Crippen LogP contribution in [0.15, 0.2) is 53.4 Å². The van der Waals surface area contributed by atoms with E-state index >= 15 is 0 Å². The summed E-state index contributed by atoms with van der Waals surface area (Å²) in [6.45, 7) is 0.242. The second kappa shape index (κ2) is 6.15. The number of benzene rings is 2. The molecule has 1 atom stereocenters. The number of nitrogens with one attached hydrogen (secondary N) is 1. The first kappa shape index (κ1) is 15.1. The SMILES string of the molecule is CSc1ccccc1C(=O)NC[C@]1(O)CCc2ccccc21. The minimum atomic E-state index is -0.958. The second-order valence-electron chi connectivity index (χ2n) is 5.57. The maximum absolute atomic E-state index is 12.4. The molecule has 2 aromatic rings. The van der Waals surface area contributed by atoms with Crippen LogP contribution in [0.2, 0.25) is 0 Å². The van der Waals surface area contributed by atoms with E-state index < -0.39 is 5.60 Å². The number of hydrogen-bond acceptors (Lipinski definition) is 3. The number of carbonyl (C=O) groups excluding carboxylic acids is 1. The molecule has 0 spiro atoms. The van der Waals surface area contributed by atoms with Crippen LogP contribution in [0.4, 0.5) is 0 Å². The van der Waals surface area contributed by atoms with Crippen LogP contribution in [-0.2, 0) is 12.0 Å². The molecule has 0 bridgehead atoms. The quantitative estimate of drug-likeness (QED) is 0.853. The average molecular weight is 313 g/mol. The molecular weight excluding hydrogens is 294 g/mol. The van der Waals surface area contributed by atoms with Crippen molar-refractivity contribution in [1.29, 1.82) is 0 Å². The number of hydrogen-bond donors (Lipinski definition) is 2. The molecule has 0 aliphatic heterocycles. The van der Waals surface area contributed by atoms with Gasteiger partial charge in [0, 0.05) is 4.90 Å². The van der Waals surface area contributed by atoms with Crippen LogP contribution in [0, 0.1) is 0 Å². The van der Waals surface area contributed by atoms with Crippen LogP contribution < -0.4 is 5.32 Å². The molecule has 3 rings (SSSR count). The van der Waals surface area contributed by atoms with Gasteiger partial charge in [0.05, 0.1) is 12.1 Å². The summed E-state index contributed by atoms with van der Waals surface area (Å²) in [5.41, 5.74) is 1.81. The topological polar surface area (TPSA) is 49.3 Å². The van der Waals surface area contributed by atoms with E-state index in [9.17, 15) is 9.90 Å². The van der Waals surface area contributed by atoms with Crippen molar-refractivity contribution in [3.8, 4) is 0 Å². The smallest absolute Gasteiger partial charge is 0.252 e. The molecule has 1 aliphatic rings. The molecule has 114 valence electrons. The highest BCUT2D eigenvalue weighted by Gasteiger charge is 2.36. The molecule has 0 saturated carbocycles. The van der Waals surface area contributed by atoms with Crippen molar-refractivity contribution in [2.45, 2.75) is 23.3 Å². The first-order valence-corrected chi connectivity index (χ1v) is 8.58. The van der Waals surface area contributed by atoms with E-state index in [0.717, 1.165) is 16.9 Å². The van der Waals surface area contributed by atoms with Crippen molar-refractivity contribution in [2.75, 3.05) is 12.8 Å². The largest absolute Gasteiger partial charge is 0.383 e. The van der Waals surface area contributed by atoms with Gasteiger partial charge >= 0.3 is 0 Å². The average Bonchev–Trinajstić information content (AvgIpc) is 2.91. The van der Waals surface area contributed by atoms with Gasteiger partial charge in [0.2, 0.25) is 0 Å². The molecule has 1 amide bonds. The normalized spacial score (nSPS) is 19.7. The fraction of sp³-hybridized carbons (Fsp3) is 0.278. The Hall–Kier alpha value is -1.78. The predicted molar refractivity (Wildman–Crippen MR) is 89.2 cm³/mol. The van der Waals surface area contributed by atoms with E-state index in [4.69, 9.17) is 0 Å². The fourth-order valence-corrected chi connectivity index (χ4v) is 3.60. The first-order chi connectivity index (χ1) is 10.6. The van der Waals surface area contributed by atoms with Gasteiger partial charge in [0.1, 0.15) is 5.60 Å². The van der Waals surface area contributed by atoms with Crippen LogP contribution in [0.25, 0.3) is 0 Å². The third-order valence-corrected chi connectivity index (χ3v) is 5.02. The summed E-state index contributed by atoms with van der Waals surface area (Å²) in [5.74, 6) is -0.136. The Labute approximate surface area is 134 Å². The standard InChI is InChI=1S/C18H19NO2S/c1-22-16-9-5-3-7-14(16)17(20)19-12-18(21)11-10-13-6-2-4-8-15(13)18/h2-9,21H,10-12H2,1H3,(H,19,20)/t18-/m1/s1. The zero-order valence-electron chi connectivity index (χ0n) is 12.5. The number of aryl methyl sites for hydroxylation is 1. The van der Waals surface area contributed by atoms with E-state index in [2.05, 4.69) is 5.32 Å². The lowest BCUT2D eigenvalue weighted by Gasteiger charge is -2.24. The summed E-state index contributed by atoms with van der Waals surface area (Å²) in [5, 5.41) is 13.7. The van der Waals surface area contributed by atoms with Gasteiger partial charge in [-0.25, -0.2) is 0 Å². The Morgan fingerprint density at radius 1 is 1.23 bits per heavy atom. The first-order valence-electron chi connectivity index (χ1n) is 7.36. The van der Waals surface area contributed by atoms with Gasteiger partial charge in [-0.2, -0.15) is 0 Å². The van der Waals surface area contributed by atoms with Crippen molar-refractivity contribution in [2.24, 2.45) is 0 Å². The number of amides is 1. The Morgan fingerprint density at radius 3 is 2.77 bits per heavy atom. The van der Waals surface area contributed by atoms with Gasteiger partial charge in [-0.3, -0.25) is 4.79 Å². The maximum atomic E-state index is 12.4. The number of rotatable bonds is 4. The molecule has 22 heavy (non-hydrogen) atoms. The van der Waals surface area contributed by atoms with Crippen molar-refractivity contribution in [3.63, 3.8) is 0 Å². The molecular formula is C18H19NO2S. The monoisotopic (exact) mass is 313 g/mol. The van der Waals surface area contributed by atoms with Crippen LogP contribution in [0.3, 0.4) is 0 Å². The Bertz CT molecular complexity index is 701. The minimum absolute atomic E-state index is 0.136. The lowest BCUT2D eigenvalue weighted by atomic mass is 9.96. The van der Waals surface area contributed by atoms with Crippen LogP contribution in [0.1, 0.15) is 27.9 Å². The summed E-state index contributed by atoms with van der Waals surface area (Å²) in [7, 11) is 0. The van der Waals surface area contributed by atoms with Gasteiger partial charge in [-0.05, 0) is 42.4 Å². The van der Waals surface area contributed by atoms with Crippen molar-refractivity contribution in [1.82, 2.24) is 5.32 Å². The van der Waals surface area contributed by atoms with Gasteiger partial charge in [0.25, 0.3) is 5.91 Å². The zero-order chi connectivity index (χ0) is 15.6. The summed E-state index contributed by atoms with van der Waals surface area (Å²) >= 11 is 1.55. The summed E-state index contributed by atoms with van der Waals surface area (Å²) in [6.07, 6.45) is 3.45. The molecule has 2 N–H and O–H groups in total. The van der Waals surface area contributed by atoms with Gasteiger partial charge < -0.3 is 10.4 Å². The summed E-state index contributed by atoms with van der Waals surface area (Å²) < 4.78 is 0. The lowest BCUT2D eigenvalue weighted by molar-refractivity contribution is 0.0369. The van der Waals surface area contributed by atoms with E-state index in [1.165, 1.54) is 5.56 Å². The summed E-state index contributed by atoms with van der Waals surface area (Å²) in [4.78, 5) is 13.3. The van der Waals surface area contributed by atoms with Crippen molar-refractivity contribution >= 4 is 17.7 Å². The van der Waals surface area contributed by atoms with E-state index in [1.807, 2.05) is 54.8 Å². The number of fused-ring (bicyclic) bond motifs is 1.